The van der Waals surface area contributed by atoms with Crippen LogP contribution in [-0.4, -0.2) is 23.0 Å². The molecule has 114 valence electrons. The number of pyridine rings is 1. The zero-order valence-corrected chi connectivity index (χ0v) is 13.1. The number of carbonyl (C=O) groups is 2. The van der Waals surface area contributed by atoms with Crippen LogP contribution in [0.15, 0.2) is 42.6 Å². The molecule has 1 amide bonds. The topological polar surface area (TPSA) is 68.3 Å². The molecule has 7 heteroatoms. The summed E-state index contributed by atoms with van der Waals surface area (Å²) in [4.78, 5) is 27.8. The van der Waals surface area contributed by atoms with Gasteiger partial charge in [0.25, 0.3) is 5.91 Å². The van der Waals surface area contributed by atoms with E-state index < -0.39 is 18.0 Å². The number of benzene rings is 1. The average Bonchev–Trinajstić information content (AvgIpc) is 2.50. The minimum absolute atomic E-state index is 0.314. The Morgan fingerprint density at radius 3 is 2.32 bits per heavy atom. The molecule has 0 aliphatic rings. The van der Waals surface area contributed by atoms with Crippen LogP contribution in [0.5, 0.6) is 0 Å². The van der Waals surface area contributed by atoms with E-state index >= 15 is 0 Å². The summed E-state index contributed by atoms with van der Waals surface area (Å²) in [6.07, 6.45) is 0.433. The standard InChI is InChI=1S/C15H12Cl2N2O3/c1-9(14(20)19-13-7-6-12(17)8-18-13)22-15(21)10-2-4-11(16)5-3-10/h2-9H,1H3,(H,18,19,20)/t9-/m1/s1. The summed E-state index contributed by atoms with van der Waals surface area (Å²) in [5.41, 5.74) is 0.314. The molecule has 2 rings (SSSR count). The van der Waals surface area contributed by atoms with E-state index in [1.807, 2.05) is 0 Å². The van der Waals surface area contributed by atoms with Gasteiger partial charge in [-0.15, -0.1) is 0 Å². The van der Waals surface area contributed by atoms with Gasteiger partial charge < -0.3 is 10.1 Å². The minimum Gasteiger partial charge on any atom is -0.449 e. The Bertz CT molecular complexity index is 672. The fraction of sp³-hybridized carbons (Fsp3) is 0.133. The van der Waals surface area contributed by atoms with Gasteiger partial charge in [0.1, 0.15) is 5.82 Å². The molecular weight excluding hydrogens is 327 g/mol. The second kappa shape index (κ2) is 7.24. The fourth-order valence-electron chi connectivity index (χ4n) is 1.55. The summed E-state index contributed by atoms with van der Waals surface area (Å²) in [6.45, 7) is 1.47. The van der Waals surface area contributed by atoms with E-state index in [4.69, 9.17) is 27.9 Å². The zero-order chi connectivity index (χ0) is 16.1. The molecule has 0 aliphatic carbocycles. The van der Waals surface area contributed by atoms with Gasteiger partial charge in [-0.05, 0) is 43.3 Å². The van der Waals surface area contributed by atoms with E-state index in [9.17, 15) is 9.59 Å². The van der Waals surface area contributed by atoms with Crippen LogP contribution in [0, 0.1) is 0 Å². The number of esters is 1. The van der Waals surface area contributed by atoms with Gasteiger partial charge in [-0.2, -0.15) is 0 Å². The number of halogens is 2. The van der Waals surface area contributed by atoms with Crippen molar-refractivity contribution in [2.75, 3.05) is 5.32 Å². The van der Waals surface area contributed by atoms with Gasteiger partial charge in [0.2, 0.25) is 0 Å². The van der Waals surface area contributed by atoms with Crippen molar-refractivity contribution in [3.63, 3.8) is 0 Å². The Labute approximate surface area is 137 Å². The van der Waals surface area contributed by atoms with Crippen molar-refractivity contribution in [3.8, 4) is 0 Å². The lowest BCUT2D eigenvalue weighted by Crippen LogP contribution is -2.30. The molecule has 1 aromatic heterocycles. The number of aromatic nitrogens is 1. The highest BCUT2D eigenvalue weighted by molar-refractivity contribution is 6.30. The van der Waals surface area contributed by atoms with Crippen molar-refractivity contribution >= 4 is 40.9 Å². The molecule has 0 saturated heterocycles. The zero-order valence-electron chi connectivity index (χ0n) is 11.5. The number of hydrogen-bond donors (Lipinski definition) is 1. The van der Waals surface area contributed by atoms with Gasteiger partial charge in [-0.1, -0.05) is 23.2 Å². The molecule has 0 aliphatic heterocycles. The van der Waals surface area contributed by atoms with Crippen LogP contribution in [0.1, 0.15) is 17.3 Å². The molecule has 5 nitrogen and oxygen atoms in total. The second-order valence-electron chi connectivity index (χ2n) is 4.41. The van der Waals surface area contributed by atoms with Crippen LogP contribution in [-0.2, 0) is 9.53 Å². The van der Waals surface area contributed by atoms with Crippen LogP contribution in [0.4, 0.5) is 5.82 Å². The third kappa shape index (κ3) is 4.44. The summed E-state index contributed by atoms with van der Waals surface area (Å²) < 4.78 is 5.09. The van der Waals surface area contributed by atoms with Gasteiger partial charge in [0.15, 0.2) is 6.10 Å². The number of anilines is 1. The summed E-state index contributed by atoms with van der Waals surface area (Å²) >= 11 is 11.4. The Hall–Kier alpha value is -2.11. The maximum atomic E-state index is 11.9. The summed E-state index contributed by atoms with van der Waals surface area (Å²) in [6, 6.07) is 9.33. The SMILES string of the molecule is C[C@@H](OC(=O)c1ccc(Cl)cc1)C(=O)Nc1ccc(Cl)cn1. The third-order valence-electron chi connectivity index (χ3n) is 2.71. The van der Waals surface area contributed by atoms with Crippen molar-refractivity contribution in [1.82, 2.24) is 4.98 Å². The van der Waals surface area contributed by atoms with Crippen LogP contribution >= 0.6 is 23.2 Å². The maximum Gasteiger partial charge on any atom is 0.338 e. The van der Waals surface area contributed by atoms with Crippen molar-refractivity contribution in [3.05, 3.63) is 58.2 Å². The van der Waals surface area contributed by atoms with Crippen molar-refractivity contribution in [2.45, 2.75) is 13.0 Å². The lowest BCUT2D eigenvalue weighted by Gasteiger charge is -2.13. The van der Waals surface area contributed by atoms with Gasteiger partial charge in [0, 0.05) is 11.2 Å². The monoisotopic (exact) mass is 338 g/mol. The third-order valence-corrected chi connectivity index (χ3v) is 3.19. The molecule has 1 atom stereocenters. The predicted molar refractivity (Wildman–Crippen MR) is 84.2 cm³/mol. The highest BCUT2D eigenvalue weighted by atomic mass is 35.5. The predicted octanol–water partition coefficient (Wildman–Crippen LogP) is 3.57. The van der Waals surface area contributed by atoms with E-state index in [2.05, 4.69) is 10.3 Å². The highest BCUT2D eigenvalue weighted by Crippen LogP contribution is 2.13. The van der Waals surface area contributed by atoms with Crippen LogP contribution < -0.4 is 5.32 Å². The van der Waals surface area contributed by atoms with E-state index in [0.29, 0.717) is 21.4 Å². The lowest BCUT2D eigenvalue weighted by atomic mass is 10.2. The van der Waals surface area contributed by atoms with Gasteiger partial charge in [0.05, 0.1) is 10.6 Å². The Kier molecular flexibility index (Phi) is 5.35. The molecule has 22 heavy (non-hydrogen) atoms. The van der Waals surface area contributed by atoms with Crippen molar-refractivity contribution < 1.29 is 14.3 Å². The molecule has 1 N–H and O–H groups in total. The lowest BCUT2D eigenvalue weighted by molar-refractivity contribution is -0.123. The van der Waals surface area contributed by atoms with E-state index in [0.717, 1.165) is 0 Å². The fourth-order valence-corrected chi connectivity index (χ4v) is 1.78. The number of rotatable bonds is 4. The molecule has 0 fully saturated rings. The van der Waals surface area contributed by atoms with Gasteiger partial charge in [-0.25, -0.2) is 9.78 Å². The first kappa shape index (κ1) is 16.3. The van der Waals surface area contributed by atoms with Gasteiger partial charge >= 0.3 is 5.97 Å². The number of carbonyl (C=O) groups excluding carboxylic acids is 2. The summed E-state index contributed by atoms with van der Waals surface area (Å²) in [5.74, 6) is -0.774. The number of amides is 1. The maximum absolute atomic E-state index is 11.9. The first-order chi connectivity index (χ1) is 10.5. The van der Waals surface area contributed by atoms with E-state index in [1.165, 1.54) is 25.3 Å². The highest BCUT2D eigenvalue weighted by Gasteiger charge is 2.19. The summed E-state index contributed by atoms with van der Waals surface area (Å²) in [5, 5.41) is 3.50. The molecular formula is C15H12Cl2N2O3. The summed E-state index contributed by atoms with van der Waals surface area (Å²) in [7, 11) is 0. The first-order valence-corrected chi connectivity index (χ1v) is 7.10. The van der Waals surface area contributed by atoms with Crippen LogP contribution in [0.2, 0.25) is 10.0 Å². The average molecular weight is 339 g/mol. The molecule has 0 radical (unpaired) electrons. The van der Waals surface area contributed by atoms with E-state index in [1.54, 1.807) is 24.3 Å². The molecule has 1 aromatic carbocycles. The molecule has 0 unspecified atom stereocenters. The Balaban J connectivity index is 1.94. The van der Waals surface area contributed by atoms with Crippen molar-refractivity contribution in [1.29, 1.82) is 0 Å². The van der Waals surface area contributed by atoms with Crippen molar-refractivity contribution in [2.24, 2.45) is 0 Å². The molecule has 0 bridgehead atoms. The number of ether oxygens (including phenoxy) is 1. The smallest absolute Gasteiger partial charge is 0.338 e. The number of nitrogens with one attached hydrogen (secondary N) is 1. The molecule has 1 heterocycles. The Morgan fingerprint density at radius 2 is 1.73 bits per heavy atom. The van der Waals surface area contributed by atoms with E-state index in [-0.39, 0.29) is 0 Å². The largest absolute Gasteiger partial charge is 0.449 e. The second-order valence-corrected chi connectivity index (χ2v) is 5.28. The number of nitrogens with zero attached hydrogens (tertiary/aromatic N) is 1. The molecule has 2 aromatic rings. The Morgan fingerprint density at radius 1 is 1.09 bits per heavy atom. The number of hydrogen-bond acceptors (Lipinski definition) is 4. The normalized spacial score (nSPS) is 11.6. The molecule has 0 spiro atoms. The molecule has 0 saturated carbocycles. The van der Waals surface area contributed by atoms with Gasteiger partial charge in [-0.3, -0.25) is 4.79 Å². The first-order valence-electron chi connectivity index (χ1n) is 6.34. The van der Waals surface area contributed by atoms with Crippen LogP contribution in [0.25, 0.3) is 0 Å². The minimum atomic E-state index is -0.972. The quantitative estimate of drug-likeness (QED) is 0.865. The van der Waals surface area contributed by atoms with Crippen LogP contribution in [0.3, 0.4) is 0 Å².